The molecule has 1 atom stereocenters. The lowest BCUT2D eigenvalue weighted by Gasteiger charge is -2.26. The predicted molar refractivity (Wildman–Crippen MR) is 161 cm³/mol. The summed E-state index contributed by atoms with van der Waals surface area (Å²) in [4.78, 5) is 29.0. The van der Waals surface area contributed by atoms with Gasteiger partial charge in [-0.05, 0) is 55.8 Å². The van der Waals surface area contributed by atoms with E-state index < -0.39 is 0 Å². The van der Waals surface area contributed by atoms with Gasteiger partial charge in [-0.3, -0.25) is 9.59 Å². The van der Waals surface area contributed by atoms with Gasteiger partial charge in [-0.15, -0.1) is 0 Å². The Morgan fingerprint density at radius 2 is 1.50 bits per heavy atom. The molecule has 6 heteroatoms. The van der Waals surface area contributed by atoms with Gasteiger partial charge < -0.3 is 19.4 Å². The number of amides is 2. The van der Waals surface area contributed by atoms with Crippen LogP contribution in [0.5, 0.6) is 0 Å². The van der Waals surface area contributed by atoms with Crippen LogP contribution in [-0.4, -0.2) is 32.4 Å². The molecule has 3 heterocycles. The Hall–Kier alpha value is -4.84. The number of benzene rings is 4. The van der Waals surface area contributed by atoms with Crippen molar-refractivity contribution in [2.45, 2.75) is 26.4 Å². The molecule has 0 bridgehead atoms. The maximum Gasteiger partial charge on any atom is 0.255 e. The van der Waals surface area contributed by atoms with Gasteiger partial charge in [0.25, 0.3) is 5.91 Å². The molecule has 198 valence electrons. The van der Waals surface area contributed by atoms with Gasteiger partial charge in [-0.2, -0.15) is 0 Å². The third-order valence-electron chi connectivity index (χ3n) is 8.47. The number of carbonyl (C=O) groups excluding carboxylic acids is 2. The van der Waals surface area contributed by atoms with Crippen LogP contribution in [-0.2, 0) is 18.4 Å². The van der Waals surface area contributed by atoms with E-state index in [2.05, 4.69) is 64.7 Å². The second-order valence-electron chi connectivity index (χ2n) is 10.5. The average molecular weight is 527 g/mol. The normalized spacial score (nSPS) is 14.9. The minimum atomic E-state index is -0.342. The molecule has 0 spiro atoms. The zero-order valence-electron chi connectivity index (χ0n) is 22.8. The summed E-state index contributed by atoms with van der Waals surface area (Å²) in [6, 6.07) is 30.0. The number of aromatic nitrogens is 2. The number of anilines is 1. The van der Waals surface area contributed by atoms with E-state index in [1.807, 2.05) is 61.6 Å². The number of rotatable bonds is 5. The van der Waals surface area contributed by atoms with Crippen LogP contribution in [0.4, 0.5) is 5.69 Å². The zero-order chi connectivity index (χ0) is 27.5. The number of nitrogens with one attached hydrogen (secondary N) is 1. The summed E-state index contributed by atoms with van der Waals surface area (Å²) in [7, 11) is 2.05. The minimum absolute atomic E-state index is 0.0460. The fraction of sp³-hybridized carbons (Fsp3) is 0.176. The summed E-state index contributed by atoms with van der Waals surface area (Å²) >= 11 is 0. The van der Waals surface area contributed by atoms with Crippen LogP contribution < -0.4 is 5.32 Å². The number of para-hydroxylation sites is 2. The van der Waals surface area contributed by atoms with E-state index >= 15 is 0 Å². The molecule has 1 N–H and O–H groups in total. The fourth-order valence-corrected chi connectivity index (χ4v) is 6.57. The number of fused-ring (bicyclic) bond motifs is 5. The number of nitrogens with zero attached hydrogens (tertiary/aromatic N) is 3. The van der Waals surface area contributed by atoms with Crippen molar-refractivity contribution in [2.75, 3.05) is 11.9 Å². The van der Waals surface area contributed by atoms with Gasteiger partial charge in [-0.1, -0.05) is 54.6 Å². The summed E-state index contributed by atoms with van der Waals surface area (Å²) in [5.41, 5.74) is 7.89. The topological polar surface area (TPSA) is 59.3 Å². The Balaban J connectivity index is 1.25. The average Bonchev–Trinajstić information content (AvgIpc) is 3.53. The predicted octanol–water partition coefficient (Wildman–Crippen LogP) is 6.80. The molecule has 0 aliphatic carbocycles. The first kappa shape index (κ1) is 24.2. The number of hydrogen-bond donors (Lipinski definition) is 1. The van der Waals surface area contributed by atoms with E-state index in [0.29, 0.717) is 5.56 Å². The van der Waals surface area contributed by atoms with Crippen molar-refractivity contribution in [3.63, 3.8) is 0 Å². The molecular weight excluding hydrogens is 496 g/mol. The fourth-order valence-electron chi connectivity index (χ4n) is 6.57. The van der Waals surface area contributed by atoms with Crippen molar-refractivity contribution in [1.29, 1.82) is 0 Å². The zero-order valence-corrected chi connectivity index (χ0v) is 22.8. The molecule has 2 aromatic heterocycles. The SMILES string of the molecule is CCn1c2ccccc2c2cc(NC(=O)CN3C(=O)c4ccccc4C3c3c(C)n(C)c4ccccc34)ccc21. The molecule has 7 rings (SSSR count). The lowest BCUT2D eigenvalue weighted by atomic mass is 9.95. The van der Waals surface area contributed by atoms with Gasteiger partial charge in [0.05, 0.1) is 6.04 Å². The Labute approximate surface area is 232 Å². The Bertz CT molecular complexity index is 1980. The molecule has 1 unspecified atom stereocenters. The highest BCUT2D eigenvalue weighted by atomic mass is 16.2. The van der Waals surface area contributed by atoms with Crippen molar-refractivity contribution in [1.82, 2.24) is 14.0 Å². The van der Waals surface area contributed by atoms with Crippen molar-refractivity contribution < 1.29 is 9.59 Å². The first-order valence-electron chi connectivity index (χ1n) is 13.7. The summed E-state index contributed by atoms with van der Waals surface area (Å²) in [6.07, 6.45) is 0. The van der Waals surface area contributed by atoms with Crippen molar-refractivity contribution in [3.8, 4) is 0 Å². The van der Waals surface area contributed by atoms with Crippen molar-refractivity contribution in [3.05, 3.63) is 113 Å². The van der Waals surface area contributed by atoms with Crippen LogP contribution in [0.1, 0.15) is 40.1 Å². The summed E-state index contributed by atoms with van der Waals surface area (Å²) < 4.78 is 4.45. The summed E-state index contributed by atoms with van der Waals surface area (Å²) in [6.45, 7) is 5.04. The van der Waals surface area contributed by atoms with Crippen LogP contribution in [0.2, 0.25) is 0 Å². The molecule has 0 saturated carbocycles. The van der Waals surface area contributed by atoms with Gasteiger partial charge >= 0.3 is 0 Å². The molecule has 6 aromatic rings. The van der Waals surface area contributed by atoms with Crippen LogP contribution >= 0.6 is 0 Å². The molecule has 0 saturated heterocycles. The number of aryl methyl sites for hydroxylation is 2. The highest BCUT2D eigenvalue weighted by molar-refractivity contribution is 6.10. The molecule has 1 aliphatic rings. The highest BCUT2D eigenvalue weighted by Gasteiger charge is 2.40. The Morgan fingerprint density at radius 3 is 2.30 bits per heavy atom. The molecule has 1 aliphatic heterocycles. The molecule has 40 heavy (non-hydrogen) atoms. The van der Waals surface area contributed by atoms with E-state index in [1.165, 1.54) is 5.52 Å². The summed E-state index contributed by atoms with van der Waals surface area (Å²) in [5.74, 6) is -0.341. The van der Waals surface area contributed by atoms with Crippen LogP contribution in [0.15, 0.2) is 91.0 Å². The van der Waals surface area contributed by atoms with Crippen molar-refractivity contribution >= 4 is 50.2 Å². The first-order valence-corrected chi connectivity index (χ1v) is 13.7. The molecule has 0 radical (unpaired) electrons. The lowest BCUT2D eigenvalue weighted by Crippen LogP contribution is -2.36. The highest BCUT2D eigenvalue weighted by Crippen LogP contribution is 2.43. The van der Waals surface area contributed by atoms with Gasteiger partial charge in [0.2, 0.25) is 5.91 Å². The van der Waals surface area contributed by atoms with Crippen LogP contribution in [0.25, 0.3) is 32.7 Å². The van der Waals surface area contributed by atoms with E-state index in [0.717, 1.165) is 56.2 Å². The van der Waals surface area contributed by atoms with Crippen molar-refractivity contribution in [2.24, 2.45) is 7.05 Å². The first-order chi connectivity index (χ1) is 19.5. The largest absolute Gasteiger partial charge is 0.348 e. The maximum absolute atomic E-state index is 13.7. The Morgan fingerprint density at radius 1 is 0.825 bits per heavy atom. The van der Waals surface area contributed by atoms with Gasteiger partial charge in [0.1, 0.15) is 6.54 Å². The smallest absolute Gasteiger partial charge is 0.255 e. The minimum Gasteiger partial charge on any atom is -0.348 e. The summed E-state index contributed by atoms with van der Waals surface area (Å²) in [5, 5.41) is 6.44. The Kier molecular flexibility index (Phi) is 5.52. The van der Waals surface area contributed by atoms with Crippen LogP contribution in [0.3, 0.4) is 0 Å². The van der Waals surface area contributed by atoms with E-state index in [-0.39, 0.29) is 24.4 Å². The monoisotopic (exact) mass is 526 g/mol. The van der Waals surface area contributed by atoms with Crippen LogP contribution in [0, 0.1) is 6.92 Å². The molecular formula is C34H30N4O2. The quantitative estimate of drug-likeness (QED) is 0.269. The van der Waals surface area contributed by atoms with E-state index in [9.17, 15) is 9.59 Å². The van der Waals surface area contributed by atoms with E-state index in [1.54, 1.807) is 4.90 Å². The molecule has 2 amide bonds. The van der Waals surface area contributed by atoms with Gasteiger partial charge in [-0.25, -0.2) is 0 Å². The van der Waals surface area contributed by atoms with Gasteiger partial charge in [0.15, 0.2) is 0 Å². The second-order valence-corrected chi connectivity index (χ2v) is 10.5. The number of hydrogen-bond acceptors (Lipinski definition) is 2. The lowest BCUT2D eigenvalue weighted by molar-refractivity contribution is -0.117. The second kappa shape index (κ2) is 9.12. The maximum atomic E-state index is 13.7. The third kappa shape index (κ3) is 3.49. The third-order valence-corrected chi connectivity index (χ3v) is 8.47. The van der Waals surface area contributed by atoms with E-state index in [4.69, 9.17) is 0 Å². The molecule has 6 nitrogen and oxygen atoms in total. The molecule has 0 fully saturated rings. The molecule has 4 aromatic carbocycles. The number of carbonyl (C=O) groups is 2. The standard InChI is InChI=1S/C34H30N4O2/c1-4-37-29-16-10-7-11-23(29)27-19-22(17-18-30(27)37)35-31(39)20-38-33(24-12-5-6-13-25(24)34(38)40)32-21(2)36(3)28-15-9-8-14-26(28)32/h5-19,33H,4,20H2,1-3H3,(H,35,39). The van der Waals surface area contributed by atoms with Gasteiger partial charge in [0, 0.05) is 68.8 Å².